The second kappa shape index (κ2) is 9.62. The molecule has 0 bridgehead atoms. The summed E-state index contributed by atoms with van der Waals surface area (Å²) in [5.41, 5.74) is 10.0. The van der Waals surface area contributed by atoms with Crippen molar-refractivity contribution in [1.29, 1.82) is 0 Å². The van der Waals surface area contributed by atoms with Gasteiger partial charge in [0.1, 0.15) is 0 Å². The van der Waals surface area contributed by atoms with Crippen LogP contribution in [0.25, 0.3) is 88.2 Å². The molecule has 0 radical (unpaired) electrons. The van der Waals surface area contributed by atoms with E-state index in [9.17, 15) is 0 Å². The minimum atomic E-state index is 0.655. The van der Waals surface area contributed by atoms with Crippen LogP contribution in [0.2, 0.25) is 0 Å². The Morgan fingerprint density at radius 2 is 1.04 bits per heavy atom. The second-order valence-corrected chi connectivity index (χ2v) is 11.9. The Bertz CT molecular complexity index is 2810. The van der Waals surface area contributed by atoms with Gasteiger partial charge in [-0.2, -0.15) is 0 Å². The molecule has 10 rings (SSSR count). The summed E-state index contributed by atoms with van der Waals surface area (Å²) in [7, 11) is 0. The molecule has 0 N–H and O–H groups in total. The van der Waals surface area contributed by atoms with Crippen molar-refractivity contribution >= 4 is 59.9 Å². The zero-order valence-corrected chi connectivity index (χ0v) is 24.8. The number of rotatable bonds is 3. The van der Waals surface area contributed by atoms with E-state index in [2.05, 4.69) is 148 Å². The van der Waals surface area contributed by atoms with Crippen molar-refractivity contribution in [3.05, 3.63) is 158 Å². The highest BCUT2D eigenvalue weighted by Gasteiger charge is 2.19. The Kier molecular flexibility index (Phi) is 5.25. The molecule has 0 saturated carbocycles. The van der Waals surface area contributed by atoms with Crippen LogP contribution < -0.4 is 0 Å². The monoisotopic (exact) mass is 586 g/mol. The van der Waals surface area contributed by atoms with Crippen molar-refractivity contribution in [1.82, 2.24) is 18.9 Å². The minimum absolute atomic E-state index is 0.655. The number of pyridine rings is 1. The van der Waals surface area contributed by atoms with Crippen molar-refractivity contribution in [2.24, 2.45) is 0 Å². The van der Waals surface area contributed by atoms with E-state index in [0.29, 0.717) is 5.95 Å². The second-order valence-electron chi connectivity index (χ2n) is 11.9. The molecule has 0 atom stereocenters. The SMILES string of the molecule is c1ccc(-c2cccc(-c3ccnc(-n4c5ccccc5c5cc6c7ccccc7c7cc8ccccc8n7c6cc54)n3)c2)cc1. The van der Waals surface area contributed by atoms with Crippen LogP contribution in [-0.2, 0) is 0 Å². The summed E-state index contributed by atoms with van der Waals surface area (Å²) in [6.45, 7) is 0. The van der Waals surface area contributed by atoms with E-state index in [1.807, 2.05) is 18.3 Å². The normalized spacial score (nSPS) is 11.9. The zero-order chi connectivity index (χ0) is 30.2. The first-order valence-corrected chi connectivity index (χ1v) is 15.6. The average molecular weight is 587 g/mol. The first kappa shape index (κ1) is 25.1. The Labute approximate surface area is 264 Å². The molecule has 0 aliphatic heterocycles. The average Bonchev–Trinajstić information content (AvgIpc) is 3.68. The van der Waals surface area contributed by atoms with Crippen LogP contribution in [0.4, 0.5) is 0 Å². The summed E-state index contributed by atoms with van der Waals surface area (Å²) < 4.78 is 4.64. The third-order valence-corrected chi connectivity index (χ3v) is 9.34. The zero-order valence-electron chi connectivity index (χ0n) is 24.8. The molecule has 0 spiro atoms. The lowest BCUT2D eigenvalue weighted by Crippen LogP contribution is -2.02. The predicted octanol–water partition coefficient (Wildman–Crippen LogP) is 10.6. The Morgan fingerprint density at radius 1 is 0.391 bits per heavy atom. The van der Waals surface area contributed by atoms with Crippen LogP contribution in [0.1, 0.15) is 0 Å². The van der Waals surface area contributed by atoms with Gasteiger partial charge in [-0.15, -0.1) is 0 Å². The lowest BCUT2D eigenvalue weighted by molar-refractivity contribution is 0.992. The molecule has 0 unspecified atom stereocenters. The number of benzene rings is 6. The van der Waals surface area contributed by atoms with E-state index in [1.54, 1.807) is 0 Å². The highest BCUT2D eigenvalue weighted by molar-refractivity contribution is 6.21. The van der Waals surface area contributed by atoms with E-state index in [1.165, 1.54) is 48.9 Å². The number of fused-ring (bicyclic) bond motifs is 11. The number of aromatic nitrogens is 4. The molecule has 4 heterocycles. The number of hydrogen-bond donors (Lipinski definition) is 0. The number of hydrogen-bond acceptors (Lipinski definition) is 2. The molecule has 4 nitrogen and oxygen atoms in total. The molecule has 0 aliphatic carbocycles. The van der Waals surface area contributed by atoms with Crippen molar-refractivity contribution in [3.63, 3.8) is 0 Å². The van der Waals surface area contributed by atoms with Crippen LogP contribution in [-0.4, -0.2) is 18.9 Å². The van der Waals surface area contributed by atoms with Crippen molar-refractivity contribution < 1.29 is 0 Å². The van der Waals surface area contributed by atoms with Gasteiger partial charge in [0.2, 0.25) is 5.95 Å². The predicted molar refractivity (Wildman–Crippen MR) is 191 cm³/mol. The maximum Gasteiger partial charge on any atom is 0.235 e. The standard InChI is InChI=1S/C42H26N4/c1-2-11-27(12-3-1)28-14-10-15-29(23-28)36-21-22-43-42(44-36)46-38-20-9-7-18-33(38)35-25-34-31-16-5-6-17-32(31)39-24-30-13-4-8-19-37(30)45(39)40(34)26-41(35)46/h1-26H. The topological polar surface area (TPSA) is 35.1 Å². The third-order valence-electron chi connectivity index (χ3n) is 9.34. The van der Waals surface area contributed by atoms with Gasteiger partial charge < -0.3 is 4.40 Å². The van der Waals surface area contributed by atoms with E-state index in [-0.39, 0.29) is 0 Å². The Morgan fingerprint density at radius 3 is 1.91 bits per heavy atom. The summed E-state index contributed by atoms with van der Waals surface area (Å²) in [5, 5.41) is 7.33. The quantitative estimate of drug-likeness (QED) is 0.193. The summed E-state index contributed by atoms with van der Waals surface area (Å²) in [6, 6.07) is 54.1. The number of nitrogens with zero attached hydrogens (tertiary/aromatic N) is 4. The summed E-state index contributed by atoms with van der Waals surface area (Å²) in [5.74, 6) is 0.655. The maximum absolute atomic E-state index is 5.20. The molecule has 4 aromatic heterocycles. The van der Waals surface area contributed by atoms with Gasteiger partial charge >= 0.3 is 0 Å². The lowest BCUT2D eigenvalue weighted by atomic mass is 10.0. The first-order valence-electron chi connectivity index (χ1n) is 15.6. The fourth-order valence-corrected chi connectivity index (χ4v) is 7.28. The fourth-order valence-electron chi connectivity index (χ4n) is 7.28. The third kappa shape index (κ3) is 3.61. The molecule has 10 aromatic rings. The molecular weight excluding hydrogens is 560 g/mol. The van der Waals surface area contributed by atoms with Crippen LogP contribution in [0.5, 0.6) is 0 Å². The van der Waals surface area contributed by atoms with Gasteiger partial charge in [-0.1, -0.05) is 109 Å². The minimum Gasteiger partial charge on any atom is -0.309 e. The number of para-hydroxylation sites is 2. The molecule has 0 aliphatic rings. The molecule has 0 saturated heterocycles. The first-order chi connectivity index (χ1) is 22.8. The summed E-state index contributed by atoms with van der Waals surface area (Å²) >= 11 is 0. The Hall–Kier alpha value is -6.26. The van der Waals surface area contributed by atoms with Crippen molar-refractivity contribution in [2.45, 2.75) is 0 Å². The fraction of sp³-hybridized carbons (Fsp3) is 0. The van der Waals surface area contributed by atoms with E-state index in [0.717, 1.165) is 33.4 Å². The molecule has 214 valence electrons. The molecule has 0 fully saturated rings. The van der Waals surface area contributed by atoms with Crippen molar-refractivity contribution in [2.75, 3.05) is 0 Å². The molecule has 46 heavy (non-hydrogen) atoms. The molecule has 6 aromatic carbocycles. The molecular formula is C42H26N4. The van der Waals surface area contributed by atoms with Gasteiger partial charge in [-0.05, 0) is 59.0 Å². The molecule has 0 amide bonds. The van der Waals surface area contributed by atoms with Crippen molar-refractivity contribution in [3.8, 4) is 28.3 Å². The lowest BCUT2D eigenvalue weighted by Gasteiger charge is -2.12. The van der Waals surface area contributed by atoms with Gasteiger partial charge in [0.25, 0.3) is 0 Å². The summed E-state index contributed by atoms with van der Waals surface area (Å²) in [6.07, 6.45) is 1.87. The maximum atomic E-state index is 5.20. The molecule has 4 heteroatoms. The van der Waals surface area contributed by atoms with E-state index in [4.69, 9.17) is 9.97 Å². The van der Waals surface area contributed by atoms with Gasteiger partial charge in [-0.3, -0.25) is 4.57 Å². The largest absolute Gasteiger partial charge is 0.309 e. The van der Waals surface area contributed by atoms with E-state index >= 15 is 0 Å². The Balaban J connectivity index is 1.27. The van der Waals surface area contributed by atoms with Gasteiger partial charge in [0.15, 0.2) is 0 Å². The highest BCUT2D eigenvalue weighted by Crippen LogP contribution is 2.39. The van der Waals surface area contributed by atoms with E-state index < -0.39 is 0 Å². The van der Waals surface area contributed by atoms with Gasteiger partial charge in [0.05, 0.1) is 33.3 Å². The van der Waals surface area contributed by atoms with Gasteiger partial charge in [0, 0.05) is 38.7 Å². The van der Waals surface area contributed by atoms with Crippen LogP contribution in [0.3, 0.4) is 0 Å². The van der Waals surface area contributed by atoms with Gasteiger partial charge in [-0.25, -0.2) is 9.97 Å². The summed E-state index contributed by atoms with van der Waals surface area (Å²) in [4.78, 5) is 10.1. The van der Waals surface area contributed by atoms with Crippen LogP contribution in [0.15, 0.2) is 158 Å². The van der Waals surface area contributed by atoms with Crippen LogP contribution in [0, 0.1) is 0 Å². The smallest absolute Gasteiger partial charge is 0.235 e. The highest BCUT2D eigenvalue weighted by atomic mass is 15.2. The van der Waals surface area contributed by atoms with Crippen LogP contribution >= 0.6 is 0 Å².